The Kier molecular flexibility index (Phi) is 8.93. The molecule has 0 saturated heterocycles. The van der Waals surface area contributed by atoms with Gasteiger partial charge < -0.3 is 4.70 Å². The molecule has 0 aromatic carbocycles. The van der Waals surface area contributed by atoms with Gasteiger partial charge in [0.2, 0.25) is 12.4 Å². The minimum Gasteiger partial charge on any atom is -1.00 e. The highest BCUT2D eigenvalue weighted by atomic mass is 19.4. The quantitative estimate of drug-likeness (QED) is 0.345. The van der Waals surface area contributed by atoms with Gasteiger partial charge in [-0.3, -0.25) is 12.9 Å². The average Bonchev–Trinajstić information content (AvgIpc) is 1.87. The van der Waals surface area contributed by atoms with Gasteiger partial charge in [-0.15, -0.1) is 0 Å². The van der Waals surface area contributed by atoms with Gasteiger partial charge in [0.1, 0.15) is 0 Å². The summed E-state index contributed by atoms with van der Waals surface area (Å²) in [4.78, 5) is 0.500. The first kappa shape index (κ1) is 13.5. The van der Waals surface area contributed by atoms with Crippen molar-refractivity contribution in [2.45, 2.75) is 0 Å². The van der Waals surface area contributed by atoms with Gasteiger partial charge in [-0.2, -0.15) is 0 Å². The standard InChI is InChI=1S/C5H5FN.BF3.FH/c6-7-4-2-1-3-5-7;2-1(3)4;/h1-5H;;1H/q+1;;/p-1. The van der Waals surface area contributed by atoms with E-state index in [4.69, 9.17) is 0 Å². The van der Waals surface area contributed by atoms with Gasteiger partial charge in [0, 0.05) is 16.9 Å². The van der Waals surface area contributed by atoms with Crippen molar-refractivity contribution in [2.75, 3.05) is 0 Å². The number of hydrogen-bond acceptors (Lipinski definition) is 0. The van der Waals surface area contributed by atoms with Crippen molar-refractivity contribution in [1.29, 1.82) is 0 Å². The highest BCUT2D eigenvalue weighted by molar-refractivity contribution is 6.33. The zero-order valence-corrected chi connectivity index (χ0v) is 5.80. The minimum absolute atomic E-state index is 0. The fourth-order valence-electron chi connectivity index (χ4n) is 0.378. The predicted octanol–water partition coefficient (Wildman–Crippen LogP) is -1.41. The van der Waals surface area contributed by atoms with Crippen LogP contribution in [0.15, 0.2) is 30.6 Å². The number of rotatable bonds is 0. The lowest BCUT2D eigenvalue weighted by Crippen LogP contribution is -3.00. The zero-order valence-electron chi connectivity index (χ0n) is 5.80. The molecule has 0 spiro atoms. The maximum Gasteiger partial charge on any atom is 0.762 e. The monoisotopic (exact) mass is 185 g/mol. The van der Waals surface area contributed by atoms with E-state index in [1.54, 1.807) is 18.2 Å². The fourth-order valence-corrected chi connectivity index (χ4v) is 0.378. The summed E-state index contributed by atoms with van der Waals surface area (Å²) in [6.45, 7) is 0. The average molecular weight is 185 g/mol. The Morgan fingerprint density at radius 1 is 0.917 bits per heavy atom. The molecule has 1 heterocycles. The molecule has 0 atom stereocenters. The van der Waals surface area contributed by atoms with Crippen LogP contribution in [0.4, 0.5) is 17.4 Å². The molecule has 0 fully saturated rings. The van der Waals surface area contributed by atoms with Crippen molar-refractivity contribution < 1.29 is 26.9 Å². The van der Waals surface area contributed by atoms with Crippen LogP contribution in [-0.4, -0.2) is 7.54 Å². The Balaban J connectivity index is 0. The summed E-state index contributed by atoms with van der Waals surface area (Å²) < 4.78 is 40.8. The highest BCUT2D eigenvalue weighted by Crippen LogP contribution is 1.80. The van der Waals surface area contributed by atoms with Gasteiger partial charge in [-0.25, -0.2) is 0 Å². The molecule has 7 heteroatoms. The normalized spacial score (nSPS) is 7.33. The Labute approximate surface area is 66.2 Å². The number of aromatic nitrogens is 1. The molecule has 68 valence electrons. The van der Waals surface area contributed by atoms with Gasteiger partial charge in [-0.05, 0) is 0 Å². The maximum atomic E-state index is 11.8. The van der Waals surface area contributed by atoms with E-state index >= 15 is 0 Å². The molecule has 12 heavy (non-hydrogen) atoms. The summed E-state index contributed by atoms with van der Waals surface area (Å²) in [5, 5.41) is 0. The van der Waals surface area contributed by atoms with Gasteiger partial charge in [-0.1, -0.05) is 6.07 Å². The Morgan fingerprint density at radius 2 is 1.25 bits per heavy atom. The van der Waals surface area contributed by atoms with Crippen molar-refractivity contribution in [2.24, 2.45) is 0 Å². The Morgan fingerprint density at radius 3 is 1.42 bits per heavy atom. The number of hydrogen-bond donors (Lipinski definition) is 0. The van der Waals surface area contributed by atoms with Crippen LogP contribution in [0.2, 0.25) is 0 Å². The molecular formula is C5H5BF5N. The van der Waals surface area contributed by atoms with Crippen LogP contribution in [-0.2, 0) is 0 Å². The molecule has 0 aliphatic rings. The van der Waals surface area contributed by atoms with Crippen LogP contribution in [0.1, 0.15) is 0 Å². The van der Waals surface area contributed by atoms with Crippen LogP contribution in [0, 0.1) is 0 Å². The molecule has 0 N–H and O–H groups in total. The van der Waals surface area contributed by atoms with Crippen molar-refractivity contribution in [1.82, 2.24) is 0 Å². The van der Waals surface area contributed by atoms with Gasteiger partial charge in [0.25, 0.3) is 0 Å². The largest absolute Gasteiger partial charge is 1.00 e. The number of pyridine rings is 1. The van der Waals surface area contributed by atoms with Crippen molar-refractivity contribution in [3.8, 4) is 0 Å². The smallest absolute Gasteiger partial charge is 0.762 e. The number of halogens is 5. The second-order valence-corrected chi connectivity index (χ2v) is 1.47. The third kappa shape index (κ3) is 11.6. The van der Waals surface area contributed by atoms with E-state index in [1.165, 1.54) is 12.4 Å². The maximum absolute atomic E-state index is 11.8. The minimum atomic E-state index is -3.67. The van der Waals surface area contributed by atoms with Crippen LogP contribution >= 0.6 is 0 Å². The van der Waals surface area contributed by atoms with Gasteiger partial charge >= 0.3 is 7.54 Å². The molecule has 0 aliphatic carbocycles. The molecule has 0 radical (unpaired) electrons. The van der Waals surface area contributed by atoms with Crippen molar-refractivity contribution in [3.05, 3.63) is 30.6 Å². The lowest BCUT2D eigenvalue weighted by atomic mass is 10.5. The molecule has 1 aromatic heterocycles. The van der Waals surface area contributed by atoms with E-state index in [9.17, 15) is 17.4 Å². The lowest BCUT2D eigenvalue weighted by molar-refractivity contribution is -0.843. The third-order valence-electron chi connectivity index (χ3n) is 0.679. The van der Waals surface area contributed by atoms with E-state index in [-0.39, 0.29) is 4.70 Å². The van der Waals surface area contributed by atoms with E-state index in [1.807, 2.05) is 0 Å². The third-order valence-corrected chi connectivity index (χ3v) is 0.679. The molecule has 1 nitrogen and oxygen atoms in total. The van der Waals surface area contributed by atoms with Crippen molar-refractivity contribution >= 4 is 7.54 Å². The molecule has 1 rings (SSSR count). The summed E-state index contributed by atoms with van der Waals surface area (Å²) in [6.07, 6.45) is 2.67. The second-order valence-electron chi connectivity index (χ2n) is 1.47. The number of nitrogens with zero attached hydrogens (tertiary/aromatic N) is 1. The fraction of sp³-hybridized carbons (Fsp3) is 0. The Bertz CT molecular complexity index is 180. The van der Waals surface area contributed by atoms with Crippen LogP contribution in [0.5, 0.6) is 0 Å². The predicted molar refractivity (Wildman–Crippen MR) is 32.2 cm³/mol. The molecular weight excluding hydrogens is 180 g/mol. The summed E-state index contributed by atoms with van der Waals surface area (Å²) in [7, 11) is -3.67. The van der Waals surface area contributed by atoms with Crippen LogP contribution in [0.25, 0.3) is 0 Å². The summed E-state index contributed by atoms with van der Waals surface area (Å²) >= 11 is 0. The summed E-state index contributed by atoms with van der Waals surface area (Å²) in [5.74, 6) is 0. The summed E-state index contributed by atoms with van der Waals surface area (Å²) in [5.41, 5.74) is 0. The van der Waals surface area contributed by atoms with Crippen LogP contribution in [0.3, 0.4) is 0 Å². The van der Waals surface area contributed by atoms with E-state index in [2.05, 4.69) is 0 Å². The topological polar surface area (TPSA) is 3.88 Å². The lowest BCUT2D eigenvalue weighted by Gasteiger charge is -1.69. The molecule has 1 aromatic rings. The second kappa shape index (κ2) is 7.97. The first-order chi connectivity index (χ1) is 5.13. The summed E-state index contributed by atoms with van der Waals surface area (Å²) in [6, 6.07) is 5.01. The van der Waals surface area contributed by atoms with E-state index in [0.717, 1.165) is 0 Å². The highest BCUT2D eigenvalue weighted by Gasteiger charge is 2.06. The first-order valence-corrected chi connectivity index (χ1v) is 2.67. The van der Waals surface area contributed by atoms with E-state index in [0.29, 0.717) is 4.79 Å². The molecule has 0 unspecified atom stereocenters. The van der Waals surface area contributed by atoms with Crippen LogP contribution < -0.4 is 9.49 Å². The zero-order chi connectivity index (χ0) is 8.69. The van der Waals surface area contributed by atoms with Gasteiger partial charge in [0.05, 0.1) is 4.48 Å². The van der Waals surface area contributed by atoms with Gasteiger partial charge in [0.15, 0.2) is 0 Å². The molecule has 0 saturated carbocycles. The van der Waals surface area contributed by atoms with Crippen molar-refractivity contribution in [3.63, 3.8) is 0 Å². The first-order valence-electron chi connectivity index (χ1n) is 2.67. The van der Waals surface area contributed by atoms with E-state index < -0.39 is 7.54 Å². The molecule has 0 aliphatic heterocycles. The Hall–Kier alpha value is -1.14. The molecule has 0 bridgehead atoms. The SMILES string of the molecule is FB(F)F.F[n+]1ccccc1.[F-]. The molecule has 0 amide bonds.